The third-order valence-corrected chi connectivity index (χ3v) is 9.15. The molecule has 0 spiro atoms. The smallest absolute Gasteiger partial charge is 0.328 e. The molecule has 0 aromatic heterocycles. The van der Waals surface area contributed by atoms with Gasteiger partial charge in [-0.15, -0.1) is 11.8 Å². The molecule has 1 aliphatic heterocycles. The molecule has 10 nitrogen and oxygen atoms in total. The van der Waals surface area contributed by atoms with Crippen molar-refractivity contribution >= 4 is 59.8 Å². The number of thioether (sulfide) groups is 2. The van der Waals surface area contributed by atoms with Gasteiger partial charge in [-0.2, -0.15) is 24.4 Å². The van der Waals surface area contributed by atoms with Crippen LogP contribution in [-0.2, 0) is 36.9 Å². The van der Waals surface area contributed by atoms with Crippen LogP contribution in [0.3, 0.4) is 0 Å². The Hall–Kier alpha value is -1.93. The topological polar surface area (TPSA) is 143 Å². The zero-order chi connectivity index (χ0) is 29.9. The van der Waals surface area contributed by atoms with Crippen molar-refractivity contribution < 1.29 is 23.9 Å². The van der Waals surface area contributed by atoms with Gasteiger partial charge >= 0.3 is 5.97 Å². The number of nitrogens with one attached hydrogen (secondary N) is 3. The highest BCUT2D eigenvalue weighted by Gasteiger charge is 2.43. The van der Waals surface area contributed by atoms with Crippen LogP contribution in [0.25, 0.3) is 0 Å². The number of esters is 1. The molecule has 3 amide bonds. The summed E-state index contributed by atoms with van der Waals surface area (Å²) in [6, 6.07) is 5.07. The third kappa shape index (κ3) is 9.86. The van der Waals surface area contributed by atoms with Crippen LogP contribution in [0.15, 0.2) is 24.3 Å². The average Bonchev–Trinajstić information content (AvgIpc) is 2.93. The van der Waals surface area contributed by atoms with E-state index in [2.05, 4.69) is 28.6 Å². The molecule has 5 N–H and O–H groups in total. The number of nitrogens with two attached hydrogens (primary N) is 1. The van der Waals surface area contributed by atoms with E-state index in [9.17, 15) is 19.2 Å². The molecule has 0 saturated heterocycles. The summed E-state index contributed by atoms with van der Waals surface area (Å²) in [4.78, 5) is 53.6. The lowest BCUT2D eigenvalue weighted by molar-refractivity contribution is -0.148. The summed E-state index contributed by atoms with van der Waals surface area (Å²) in [6.45, 7) is 5.86. The number of benzene rings is 1. The molecule has 1 aromatic rings. The maximum Gasteiger partial charge on any atom is 0.328 e. The summed E-state index contributed by atoms with van der Waals surface area (Å²) in [6.07, 6.45) is 2.65. The van der Waals surface area contributed by atoms with E-state index in [1.807, 2.05) is 44.4 Å². The average molecular weight is 614 g/mol. The van der Waals surface area contributed by atoms with E-state index < -0.39 is 34.7 Å². The first kappa shape index (κ1) is 34.3. The van der Waals surface area contributed by atoms with Gasteiger partial charge in [0.05, 0.1) is 13.0 Å². The van der Waals surface area contributed by atoms with Gasteiger partial charge in [-0.1, -0.05) is 24.3 Å². The fraction of sp³-hybridized carbons (Fsp3) is 0.630. The molecule has 0 aliphatic carbocycles. The van der Waals surface area contributed by atoms with Crippen LogP contribution in [0.2, 0.25) is 0 Å². The highest BCUT2D eigenvalue weighted by atomic mass is 32.2. The molecule has 1 aliphatic rings. The van der Waals surface area contributed by atoms with Gasteiger partial charge in [0, 0.05) is 43.0 Å². The number of thiol groups is 1. The molecule has 0 saturated carbocycles. The summed E-state index contributed by atoms with van der Waals surface area (Å²) in [5.41, 5.74) is 8.06. The SMILES string of the molecule is COC(=O)[C@H](CCSC)NC(=O)[C@@H]1Cc2ccccc2CN1C(=O)[C@@H](NC[C@@H](N)CS)C(C)(C)SCNC(C)=O. The van der Waals surface area contributed by atoms with Crippen LogP contribution in [-0.4, -0.2) is 94.8 Å². The largest absolute Gasteiger partial charge is 0.467 e. The number of rotatable bonds is 15. The monoisotopic (exact) mass is 613 g/mol. The second kappa shape index (κ2) is 16.5. The van der Waals surface area contributed by atoms with Crippen molar-refractivity contribution in [2.45, 2.75) is 69.1 Å². The van der Waals surface area contributed by atoms with Crippen molar-refractivity contribution in [3.05, 3.63) is 35.4 Å². The number of carbonyl (C=O) groups is 4. The zero-order valence-electron chi connectivity index (χ0n) is 23.9. The Balaban J connectivity index is 2.42. The van der Waals surface area contributed by atoms with Crippen LogP contribution < -0.4 is 21.7 Å². The lowest BCUT2D eigenvalue weighted by Gasteiger charge is -2.42. The molecular formula is C27H43N5O5S3. The summed E-state index contributed by atoms with van der Waals surface area (Å²) >= 11 is 7.26. The van der Waals surface area contributed by atoms with Crippen molar-refractivity contribution in [3.8, 4) is 0 Å². The summed E-state index contributed by atoms with van der Waals surface area (Å²) in [7, 11) is 1.29. The molecule has 40 heavy (non-hydrogen) atoms. The Morgan fingerprint density at radius 3 is 2.50 bits per heavy atom. The molecule has 0 fully saturated rings. The van der Waals surface area contributed by atoms with Crippen LogP contribution >= 0.6 is 36.2 Å². The summed E-state index contributed by atoms with van der Waals surface area (Å²) < 4.78 is 4.25. The lowest BCUT2D eigenvalue weighted by Crippen LogP contribution is -2.63. The Bertz CT molecular complexity index is 1030. The van der Waals surface area contributed by atoms with Crippen LogP contribution in [0.5, 0.6) is 0 Å². The second-order valence-corrected chi connectivity index (χ2v) is 13.2. The Morgan fingerprint density at radius 2 is 1.90 bits per heavy atom. The predicted octanol–water partition coefficient (Wildman–Crippen LogP) is 1.17. The van der Waals surface area contributed by atoms with E-state index in [0.717, 1.165) is 11.1 Å². The number of nitrogens with zero attached hydrogens (tertiary/aromatic N) is 1. The quantitative estimate of drug-likeness (QED) is 0.112. The van der Waals surface area contributed by atoms with Crippen molar-refractivity contribution in [2.24, 2.45) is 5.73 Å². The number of hydrogen-bond donors (Lipinski definition) is 5. The van der Waals surface area contributed by atoms with Gasteiger partial charge in [0.1, 0.15) is 18.1 Å². The van der Waals surface area contributed by atoms with Crippen LogP contribution in [0, 0.1) is 0 Å². The molecule has 1 aromatic carbocycles. The molecule has 1 heterocycles. The minimum atomic E-state index is -0.831. The minimum absolute atomic E-state index is 0.165. The van der Waals surface area contributed by atoms with Gasteiger partial charge in [0.15, 0.2) is 0 Å². The molecule has 4 atom stereocenters. The van der Waals surface area contributed by atoms with Crippen molar-refractivity contribution in [2.75, 3.05) is 37.3 Å². The molecule has 0 bridgehead atoms. The highest BCUT2D eigenvalue weighted by Crippen LogP contribution is 2.32. The van der Waals surface area contributed by atoms with Gasteiger partial charge < -0.3 is 31.3 Å². The fourth-order valence-corrected chi connectivity index (χ4v) is 6.02. The first-order chi connectivity index (χ1) is 18.9. The second-order valence-electron chi connectivity index (χ2n) is 10.2. The van der Waals surface area contributed by atoms with Crippen molar-refractivity contribution in [3.63, 3.8) is 0 Å². The van der Waals surface area contributed by atoms with Gasteiger partial charge in [0.25, 0.3) is 0 Å². The first-order valence-electron chi connectivity index (χ1n) is 13.2. The summed E-state index contributed by atoms with van der Waals surface area (Å²) in [5, 5.41) is 8.94. The van der Waals surface area contributed by atoms with E-state index in [0.29, 0.717) is 36.8 Å². The fourth-order valence-electron chi connectivity index (χ4n) is 4.42. The molecule has 2 rings (SSSR count). The first-order valence-corrected chi connectivity index (χ1v) is 16.2. The third-order valence-electron chi connectivity index (χ3n) is 6.77. The van der Waals surface area contributed by atoms with E-state index in [1.54, 1.807) is 16.7 Å². The Labute approximate surface area is 251 Å². The van der Waals surface area contributed by atoms with Crippen molar-refractivity contribution in [1.29, 1.82) is 0 Å². The minimum Gasteiger partial charge on any atom is -0.467 e. The summed E-state index contributed by atoms with van der Waals surface area (Å²) in [5.74, 6) is 0.0480. The normalized spacial score (nSPS) is 17.3. The van der Waals surface area contributed by atoms with Gasteiger partial charge in [-0.25, -0.2) is 4.79 Å². The number of methoxy groups -OCH3 is 1. The molecular weight excluding hydrogens is 571 g/mol. The van der Waals surface area contributed by atoms with Gasteiger partial charge in [-0.3, -0.25) is 14.4 Å². The molecule has 224 valence electrons. The predicted molar refractivity (Wildman–Crippen MR) is 165 cm³/mol. The number of ether oxygens (including phenoxy) is 1. The Kier molecular flexibility index (Phi) is 14.1. The number of carbonyl (C=O) groups excluding carboxylic acids is 4. The molecule has 13 heteroatoms. The number of hydrogen-bond acceptors (Lipinski definition) is 10. The maximum atomic E-state index is 14.3. The number of amides is 3. The van der Waals surface area contributed by atoms with Crippen molar-refractivity contribution in [1.82, 2.24) is 20.9 Å². The maximum absolute atomic E-state index is 14.3. The lowest BCUT2D eigenvalue weighted by atomic mass is 9.91. The van der Waals surface area contributed by atoms with E-state index in [1.165, 1.54) is 25.8 Å². The Morgan fingerprint density at radius 1 is 1.23 bits per heavy atom. The standard InChI is InChI=1S/C27H43N5O5S3/c1-17(33)30-16-40-27(2,3)23(29-13-20(28)15-38)25(35)32-14-19-9-7-6-8-18(19)12-22(32)24(34)31-21(10-11-39-5)26(36)37-4/h6-9,20-23,29,38H,10-16,28H2,1-5H3,(H,30,33)(H,31,34)/t20-,21+,22+,23-/m1/s1. The van der Waals surface area contributed by atoms with Crippen LogP contribution in [0.4, 0.5) is 0 Å². The highest BCUT2D eigenvalue weighted by molar-refractivity contribution is 8.00. The number of fused-ring (bicyclic) bond motifs is 1. The zero-order valence-corrected chi connectivity index (χ0v) is 26.4. The van der Waals surface area contributed by atoms with E-state index >= 15 is 0 Å². The van der Waals surface area contributed by atoms with E-state index in [4.69, 9.17) is 10.5 Å². The molecule has 0 radical (unpaired) electrons. The van der Waals surface area contributed by atoms with Gasteiger partial charge in [0.2, 0.25) is 17.7 Å². The molecule has 0 unspecified atom stereocenters. The van der Waals surface area contributed by atoms with Gasteiger partial charge in [-0.05, 0) is 43.4 Å². The van der Waals surface area contributed by atoms with E-state index in [-0.39, 0.29) is 24.4 Å². The van der Waals surface area contributed by atoms with Crippen LogP contribution in [0.1, 0.15) is 38.3 Å².